The van der Waals surface area contributed by atoms with E-state index in [-0.39, 0.29) is 16.2 Å². The molecule has 3 aliphatic rings. The van der Waals surface area contributed by atoms with Crippen molar-refractivity contribution in [2.45, 2.75) is 74.7 Å². The topological polar surface area (TPSA) is 18.5 Å². The summed E-state index contributed by atoms with van der Waals surface area (Å²) in [6.07, 6.45) is 12.6. The second-order valence-corrected chi connectivity index (χ2v) is 17.7. The van der Waals surface area contributed by atoms with E-state index < -0.39 is 5.60 Å². The fourth-order valence-corrected chi connectivity index (χ4v) is 11.6. The quantitative estimate of drug-likeness (QED) is 0.172. The van der Waals surface area contributed by atoms with Crippen LogP contribution in [0.3, 0.4) is 0 Å². The summed E-state index contributed by atoms with van der Waals surface area (Å²) in [6.45, 7) is 12.1. The summed E-state index contributed by atoms with van der Waals surface area (Å²) in [7, 11) is 1.72. The number of hydrogen-bond donors (Lipinski definition) is 0. The van der Waals surface area contributed by atoms with Crippen molar-refractivity contribution in [2.24, 2.45) is 10.8 Å². The normalized spacial score (nSPS) is 20.8. The lowest BCUT2D eigenvalue weighted by Crippen LogP contribution is -2.44. The van der Waals surface area contributed by atoms with Crippen LogP contribution >= 0.6 is 23.5 Å². The van der Waals surface area contributed by atoms with Gasteiger partial charge in [0.15, 0.2) is 5.60 Å². The van der Waals surface area contributed by atoms with Crippen LogP contribution < -0.4 is 9.47 Å². The van der Waals surface area contributed by atoms with Crippen molar-refractivity contribution in [1.82, 2.24) is 0 Å². The van der Waals surface area contributed by atoms with Crippen molar-refractivity contribution < 1.29 is 9.47 Å². The fraction of sp³-hybridized carbons (Fsp3) is 0.333. The molecule has 1 unspecified atom stereocenters. The number of thioether (sulfide) groups is 2. The van der Waals surface area contributed by atoms with Gasteiger partial charge in [0.05, 0.1) is 7.11 Å². The Bertz CT molecular complexity index is 2120. The van der Waals surface area contributed by atoms with Crippen LogP contribution in [0, 0.1) is 17.8 Å². The van der Waals surface area contributed by atoms with Crippen LogP contribution in [0.5, 0.6) is 11.5 Å². The molecule has 2 aliphatic carbocycles. The molecule has 1 atom stereocenters. The molecule has 0 bridgehead atoms. The van der Waals surface area contributed by atoms with Gasteiger partial charge in [0.2, 0.25) is 0 Å². The molecule has 0 radical (unpaired) electrons. The van der Waals surface area contributed by atoms with Crippen LogP contribution in [0.2, 0.25) is 0 Å². The van der Waals surface area contributed by atoms with Crippen molar-refractivity contribution in [3.63, 3.8) is 0 Å². The van der Waals surface area contributed by atoms with Gasteiger partial charge < -0.3 is 9.47 Å². The highest BCUT2D eigenvalue weighted by Gasteiger charge is 2.55. The van der Waals surface area contributed by atoms with Crippen LogP contribution in [0.15, 0.2) is 101 Å². The molecular formula is C45H46O2S2. The van der Waals surface area contributed by atoms with Crippen LogP contribution in [0.1, 0.15) is 80.3 Å². The summed E-state index contributed by atoms with van der Waals surface area (Å²) in [5.41, 5.74) is 9.84. The largest absolute Gasteiger partial charge is 0.497 e. The maximum atomic E-state index is 7.71. The Hall–Kier alpha value is -3.60. The summed E-state index contributed by atoms with van der Waals surface area (Å²) in [5, 5.41) is 2.48. The Balaban J connectivity index is 1.50. The van der Waals surface area contributed by atoms with E-state index in [0.717, 1.165) is 35.5 Å². The Morgan fingerprint density at radius 1 is 0.714 bits per heavy atom. The van der Waals surface area contributed by atoms with Gasteiger partial charge in [0, 0.05) is 37.3 Å². The number of rotatable bonds is 5. The van der Waals surface area contributed by atoms with Crippen LogP contribution in [-0.2, 0) is 11.0 Å². The maximum absolute atomic E-state index is 7.71. The molecule has 1 spiro atoms. The van der Waals surface area contributed by atoms with Crippen LogP contribution in [0.4, 0.5) is 0 Å². The van der Waals surface area contributed by atoms with Gasteiger partial charge in [-0.1, -0.05) is 100.0 Å². The highest BCUT2D eigenvalue weighted by atomic mass is 32.2. The van der Waals surface area contributed by atoms with Crippen molar-refractivity contribution in [3.8, 4) is 22.6 Å². The van der Waals surface area contributed by atoms with Gasteiger partial charge in [0.1, 0.15) is 11.5 Å². The molecule has 5 aromatic rings. The number of ether oxygens (including phenoxy) is 2. The van der Waals surface area contributed by atoms with Gasteiger partial charge in [-0.3, -0.25) is 0 Å². The fourth-order valence-electron chi connectivity index (χ4n) is 10.1. The number of fused-ring (bicyclic) bond motifs is 10. The minimum Gasteiger partial charge on any atom is -0.497 e. The standard InChI is InChI=1S/C45H46O2S2/c1-28-13-15-29(16-14-28)45(30-17-19-31(46-6)20-18-30)22-21-33-40-39(34-23-37(48-7)38(49-8)24-35(34)41(33)47-45)32-11-9-10-12-36(32)44(40)26-42(2,3)25-43(4,5)27-44/h9-24H,25-27H2,1-8H3. The average Bonchev–Trinajstić information content (AvgIpc) is 3.35. The molecule has 0 amide bonds. The first-order valence-corrected chi connectivity index (χ1v) is 19.9. The number of benzene rings is 5. The number of hydrogen-bond acceptors (Lipinski definition) is 4. The Morgan fingerprint density at radius 2 is 1.31 bits per heavy atom. The van der Waals surface area contributed by atoms with E-state index in [1.54, 1.807) is 7.11 Å². The molecule has 250 valence electrons. The third-order valence-corrected chi connectivity index (χ3v) is 12.9. The van der Waals surface area contributed by atoms with E-state index in [0.29, 0.717) is 0 Å². The highest BCUT2D eigenvalue weighted by Crippen LogP contribution is 2.67. The Kier molecular flexibility index (Phi) is 7.63. The van der Waals surface area contributed by atoms with Crippen LogP contribution in [-0.4, -0.2) is 19.6 Å². The summed E-state index contributed by atoms with van der Waals surface area (Å²) in [6, 6.07) is 31.4. The van der Waals surface area contributed by atoms with Gasteiger partial charge in [-0.15, -0.1) is 23.5 Å². The van der Waals surface area contributed by atoms with E-state index in [1.807, 2.05) is 35.7 Å². The average molecular weight is 683 g/mol. The lowest BCUT2D eigenvalue weighted by Gasteiger charge is -2.52. The van der Waals surface area contributed by atoms with E-state index in [1.165, 1.54) is 60.4 Å². The molecule has 2 nitrogen and oxygen atoms in total. The minimum absolute atomic E-state index is 0.120. The Labute approximate surface area is 300 Å². The SMILES string of the molecule is COc1ccc(C2(c3ccc(C)cc3)C=Cc3c4c(c5cc(SC)c(SC)cc5c3O2)-c2ccccc2C42CC(C)(C)CC(C)(C)C2)cc1. The number of methoxy groups -OCH3 is 1. The smallest absolute Gasteiger partial charge is 0.178 e. The molecular weight excluding hydrogens is 637 g/mol. The lowest BCUT2D eigenvalue weighted by atomic mass is 9.52. The lowest BCUT2D eigenvalue weighted by molar-refractivity contribution is 0.0642. The first kappa shape index (κ1) is 32.6. The molecule has 0 aromatic heterocycles. The zero-order valence-electron chi connectivity index (χ0n) is 30.0. The van der Waals surface area contributed by atoms with Crippen molar-refractivity contribution in [1.29, 1.82) is 0 Å². The maximum Gasteiger partial charge on any atom is 0.178 e. The van der Waals surface area contributed by atoms with Gasteiger partial charge in [-0.05, 0) is 108 Å². The van der Waals surface area contributed by atoms with Gasteiger partial charge in [-0.2, -0.15) is 0 Å². The van der Waals surface area contributed by atoms with E-state index >= 15 is 0 Å². The summed E-state index contributed by atoms with van der Waals surface area (Å²) >= 11 is 3.65. The van der Waals surface area contributed by atoms with Crippen LogP contribution in [0.25, 0.3) is 28.0 Å². The van der Waals surface area contributed by atoms with Gasteiger partial charge in [0.25, 0.3) is 0 Å². The van der Waals surface area contributed by atoms with Gasteiger partial charge >= 0.3 is 0 Å². The van der Waals surface area contributed by atoms with Crippen molar-refractivity contribution in [3.05, 3.63) is 124 Å². The molecule has 1 heterocycles. The highest BCUT2D eigenvalue weighted by molar-refractivity contribution is 8.01. The summed E-state index contributed by atoms with van der Waals surface area (Å²) in [4.78, 5) is 2.60. The molecule has 1 saturated carbocycles. The molecule has 1 aliphatic heterocycles. The molecule has 1 fully saturated rings. The van der Waals surface area contributed by atoms with Crippen molar-refractivity contribution in [2.75, 3.05) is 19.6 Å². The molecule has 0 N–H and O–H groups in total. The minimum atomic E-state index is -0.810. The molecule has 4 heteroatoms. The van der Waals surface area contributed by atoms with E-state index in [9.17, 15) is 0 Å². The first-order chi connectivity index (χ1) is 23.4. The molecule has 0 saturated heterocycles. The third-order valence-electron chi connectivity index (χ3n) is 11.3. The monoisotopic (exact) mass is 682 g/mol. The Morgan fingerprint density at radius 3 is 1.92 bits per heavy atom. The second-order valence-electron chi connectivity index (χ2n) is 16.0. The zero-order valence-corrected chi connectivity index (χ0v) is 31.6. The van der Waals surface area contributed by atoms with Crippen molar-refractivity contribution >= 4 is 40.4 Å². The predicted octanol–water partition coefficient (Wildman–Crippen LogP) is 12.5. The molecule has 49 heavy (non-hydrogen) atoms. The van der Waals surface area contributed by atoms with E-state index in [2.05, 4.69) is 132 Å². The summed E-state index contributed by atoms with van der Waals surface area (Å²) < 4.78 is 13.3. The van der Waals surface area contributed by atoms with E-state index in [4.69, 9.17) is 9.47 Å². The summed E-state index contributed by atoms with van der Waals surface area (Å²) in [5.74, 6) is 1.83. The number of aryl methyl sites for hydroxylation is 1. The predicted molar refractivity (Wildman–Crippen MR) is 210 cm³/mol. The molecule has 5 aromatic carbocycles. The first-order valence-electron chi connectivity index (χ1n) is 17.4. The third kappa shape index (κ3) is 5.00. The van der Waals surface area contributed by atoms with Gasteiger partial charge in [-0.25, -0.2) is 0 Å². The molecule has 8 rings (SSSR count). The zero-order chi connectivity index (χ0) is 34.3. The second kappa shape index (κ2) is 11.5.